The number of anilines is 1. The fraction of sp³-hybridized carbons (Fsp3) is 0.0204. The number of para-hydroxylation sites is 2. The number of nitrogens with zero attached hydrogens (tertiary/aromatic N) is 3. The molecular weight excluding hydrogens is 677 g/mol. The van der Waals surface area contributed by atoms with Gasteiger partial charge in [-0.1, -0.05) is 128 Å². The molecule has 1 aliphatic carbocycles. The van der Waals surface area contributed by atoms with Gasteiger partial charge in [-0.25, -0.2) is 4.98 Å². The quantitative estimate of drug-likeness (QED) is 0.175. The third-order valence-corrected chi connectivity index (χ3v) is 12.0. The molecule has 0 saturated heterocycles. The van der Waals surface area contributed by atoms with E-state index < -0.39 is 5.41 Å². The monoisotopic (exact) mass is 708 g/mol. The Hall–Kier alpha value is -7.00. The Bertz CT molecular complexity index is 2950. The van der Waals surface area contributed by atoms with E-state index in [4.69, 9.17) is 10.7 Å². The highest BCUT2D eigenvalue weighted by atomic mass is 32.1. The standard InChI is InChI=1S/C49H32N4S/c1-2-45-52-41-14-8-9-15-42(41)53(45)37-26-20-32(21-27-37)31-16-22-35(23-17-31)49(34-10-4-3-5-11-34)39-13-7-6-12-38(39)47-40(49)28-29-43-48(47)46(44(30-50)54-43)33-18-24-36(51)25-19-33/h2-29H,1,51H2. The summed E-state index contributed by atoms with van der Waals surface area (Å²) in [5.74, 6) is 0.820. The highest BCUT2D eigenvalue weighted by Gasteiger charge is 2.47. The Balaban J connectivity index is 1.15. The number of aromatic nitrogens is 2. The van der Waals surface area contributed by atoms with E-state index in [2.05, 4.69) is 139 Å². The molecule has 0 radical (unpaired) electrons. The van der Waals surface area contributed by atoms with Crippen molar-refractivity contribution >= 4 is 44.2 Å². The fourth-order valence-electron chi connectivity index (χ4n) is 8.61. The molecule has 0 aliphatic heterocycles. The van der Waals surface area contributed by atoms with Crippen LogP contribution in [0.25, 0.3) is 66.3 Å². The molecular formula is C49H32N4S. The topological polar surface area (TPSA) is 67.6 Å². The second-order valence-electron chi connectivity index (χ2n) is 13.7. The number of rotatable bonds is 6. The van der Waals surface area contributed by atoms with Gasteiger partial charge in [-0.15, -0.1) is 11.3 Å². The zero-order valence-corrected chi connectivity index (χ0v) is 30.0. The average molecular weight is 709 g/mol. The number of nitriles is 1. The first-order chi connectivity index (χ1) is 26.6. The van der Waals surface area contributed by atoms with Crippen LogP contribution in [0.5, 0.6) is 0 Å². The third-order valence-electron chi connectivity index (χ3n) is 10.9. The number of nitrogen functional groups attached to an aromatic ring is 1. The van der Waals surface area contributed by atoms with Gasteiger partial charge in [0.15, 0.2) is 0 Å². The van der Waals surface area contributed by atoms with Crippen molar-refractivity contribution in [2.45, 2.75) is 5.41 Å². The van der Waals surface area contributed by atoms with Crippen molar-refractivity contribution in [2.75, 3.05) is 5.73 Å². The molecule has 7 aromatic carbocycles. The number of fused-ring (bicyclic) bond motifs is 6. The summed E-state index contributed by atoms with van der Waals surface area (Å²) in [6.45, 7) is 4.01. The Morgan fingerprint density at radius 3 is 2.04 bits per heavy atom. The highest BCUT2D eigenvalue weighted by Crippen LogP contribution is 2.59. The number of hydrogen-bond donors (Lipinski definition) is 1. The molecule has 254 valence electrons. The van der Waals surface area contributed by atoms with Gasteiger partial charge >= 0.3 is 0 Å². The molecule has 0 fully saturated rings. The number of benzene rings is 7. The maximum Gasteiger partial charge on any atom is 0.137 e. The van der Waals surface area contributed by atoms with E-state index >= 15 is 0 Å². The maximum atomic E-state index is 10.4. The average Bonchev–Trinajstić information content (AvgIpc) is 3.90. The smallest absolute Gasteiger partial charge is 0.137 e. The molecule has 0 bridgehead atoms. The van der Waals surface area contributed by atoms with Gasteiger partial charge in [0.2, 0.25) is 0 Å². The molecule has 0 saturated carbocycles. The fourth-order valence-corrected chi connectivity index (χ4v) is 9.64. The van der Waals surface area contributed by atoms with Gasteiger partial charge in [0.05, 0.1) is 16.4 Å². The molecule has 5 heteroatoms. The maximum absolute atomic E-state index is 10.4. The second kappa shape index (κ2) is 12.3. The molecule has 9 aromatic rings. The van der Waals surface area contributed by atoms with Crippen LogP contribution in [0.3, 0.4) is 0 Å². The van der Waals surface area contributed by atoms with Crippen molar-refractivity contribution in [2.24, 2.45) is 0 Å². The zero-order chi connectivity index (χ0) is 36.4. The van der Waals surface area contributed by atoms with Crippen molar-refractivity contribution < 1.29 is 0 Å². The zero-order valence-electron chi connectivity index (χ0n) is 29.2. The van der Waals surface area contributed by atoms with Crippen LogP contribution in [0.1, 0.15) is 33.0 Å². The summed E-state index contributed by atoms with van der Waals surface area (Å²) in [6.07, 6.45) is 1.80. The lowest BCUT2D eigenvalue weighted by Crippen LogP contribution is -2.28. The van der Waals surface area contributed by atoms with Crippen LogP contribution in [0.2, 0.25) is 0 Å². The van der Waals surface area contributed by atoms with Gasteiger partial charge in [0, 0.05) is 27.0 Å². The Morgan fingerprint density at radius 2 is 1.30 bits per heavy atom. The number of imidazole rings is 1. The van der Waals surface area contributed by atoms with Gasteiger partial charge in [-0.3, -0.25) is 4.57 Å². The summed E-state index contributed by atoms with van der Waals surface area (Å²) in [5.41, 5.74) is 20.7. The van der Waals surface area contributed by atoms with E-state index in [0.717, 1.165) is 54.9 Å². The van der Waals surface area contributed by atoms with Crippen LogP contribution >= 0.6 is 11.3 Å². The molecule has 0 amide bonds. The van der Waals surface area contributed by atoms with E-state index in [0.29, 0.717) is 10.6 Å². The largest absolute Gasteiger partial charge is 0.399 e. The van der Waals surface area contributed by atoms with E-state index in [-0.39, 0.29) is 0 Å². The van der Waals surface area contributed by atoms with Crippen molar-refractivity contribution in [3.05, 3.63) is 203 Å². The number of nitrogens with two attached hydrogens (primary N) is 1. The Labute approximate surface area is 317 Å². The van der Waals surface area contributed by atoms with Crippen LogP contribution in [-0.2, 0) is 5.41 Å². The Kier molecular flexibility index (Phi) is 7.23. The molecule has 54 heavy (non-hydrogen) atoms. The molecule has 10 rings (SSSR count). The van der Waals surface area contributed by atoms with Crippen molar-refractivity contribution in [1.29, 1.82) is 5.26 Å². The predicted molar refractivity (Wildman–Crippen MR) is 224 cm³/mol. The van der Waals surface area contributed by atoms with E-state index in [1.54, 1.807) is 17.4 Å². The highest BCUT2D eigenvalue weighted by molar-refractivity contribution is 7.20. The third kappa shape index (κ3) is 4.57. The normalized spacial score (nSPS) is 14.5. The summed E-state index contributed by atoms with van der Waals surface area (Å²) in [7, 11) is 0. The van der Waals surface area contributed by atoms with Crippen LogP contribution in [0.15, 0.2) is 170 Å². The number of hydrogen-bond acceptors (Lipinski definition) is 4. The van der Waals surface area contributed by atoms with Gasteiger partial charge in [-0.2, -0.15) is 5.26 Å². The van der Waals surface area contributed by atoms with Crippen LogP contribution < -0.4 is 5.73 Å². The molecule has 0 spiro atoms. The second-order valence-corrected chi connectivity index (χ2v) is 14.7. The van der Waals surface area contributed by atoms with Crippen LogP contribution in [0.4, 0.5) is 5.69 Å². The molecule has 2 aromatic heterocycles. The van der Waals surface area contributed by atoms with Crippen LogP contribution in [-0.4, -0.2) is 9.55 Å². The molecule has 2 heterocycles. The van der Waals surface area contributed by atoms with E-state index in [9.17, 15) is 5.26 Å². The van der Waals surface area contributed by atoms with Gasteiger partial charge in [-0.05, 0) is 98.6 Å². The first-order valence-corrected chi connectivity index (χ1v) is 18.7. The van der Waals surface area contributed by atoms with Gasteiger partial charge < -0.3 is 5.73 Å². The summed E-state index contributed by atoms with van der Waals surface area (Å²) >= 11 is 1.56. The van der Waals surface area contributed by atoms with Crippen LogP contribution in [0, 0.1) is 11.3 Å². The first-order valence-electron chi connectivity index (χ1n) is 17.9. The van der Waals surface area contributed by atoms with Crippen molar-refractivity contribution in [1.82, 2.24) is 9.55 Å². The number of thiophene rings is 1. The SMILES string of the molecule is C=Cc1nc2ccccc2n1-c1ccc(-c2ccc(C3(c4ccccc4)c4ccccc4-c4c3ccc3sc(C#N)c(-c5ccc(N)cc5)c43)cc2)cc1. The summed E-state index contributed by atoms with van der Waals surface area (Å²) in [4.78, 5) is 5.48. The first kappa shape index (κ1) is 31.7. The molecule has 4 nitrogen and oxygen atoms in total. The molecule has 2 N–H and O–H groups in total. The summed E-state index contributed by atoms with van der Waals surface area (Å²) in [5, 5.41) is 11.5. The van der Waals surface area contributed by atoms with Crippen molar-refractivity contribution in [3.63, 3.8) is 0 Å². The minimum absolute atomic E-state index is 0.583. The van der Waals surface area contributed by atoms with Gasteiger partial charge in [0.25, 0.3) is 0 Å². The molecule has 1 unspecified atom stereocenters. The van der Waals surface area contributed by atoms with Crippen molar-refractivity contribution in [3.8, 4) is 45.1 Å². The summed E-state index contributed by atoms with van der Waals surface area (Å²) in [6, 6.07) is 60.4. The lowest BCUT2D eigenvalue weighted by Gasteiger charge is -2.34. The minimum Gasteiger partial charge on any atom is -0.399 e. The summed E-state index contributed by atoms with van der Waals surface area (Å²) < 4.78 is 3.25. The lowest BCUT2D eigenvalue weighted by molar-refractivity contribution is 0.769. The predicted octanol–water partition coefficient (Wildman–Crippen LogP) is 12.0. The lowest BCUT2D eigenvalue weighted by atomic mass is 9.67. The van der Waals surface area contributed by atoms with E-state index in [1.165, 1.54) is 33.4 Å². The van der Waals surface area contributed by atoms with E-state index in [1.807, 2.05) is 42.5 Å². The molecule has 1 atom stereocenters. The Morgan fingerprint density at radius 1 is 0.648 bits per heavy atom. The minimum atomic E-state index is -0.583. The molecule has 1 aliphatic rings. The van der Waals surface area contributed by atoms with Gasteiger partial charge in [0.1, 0.15) is 16.8 Å².